The van der Waals surface area contributed by atoms with Gasteiger partial charge in [-0.2, -0.15) is 0 Å². The quantitative estimate of drug-likeness (QED) is 0.919. The Morgan fingerprint density at radius 3 is 2.00 bits per heavy atom. The molecule has 2 N–H and O–H groups in total. The molecule has 0 amide bonds. The summed E-state index contributed by atoms with van der Waals surface area (Å²) in [5.41, 5.74) is 6.54. The molecule has 1 heterocycles. The van der Waals surface area contributed by atoms with E-state index in [-0.39, 0.29) is 12.0 Å². The molecule has 0 radical (unpaired) electrons. The van der Waals surface area contributed by atoms with Crippen LogP contribution in [0.5, 0.6) is 0 Å². The van der Waals surface area contributed by atoms with Crippen LogP contribution >= 0.6 is 0 Å². The standard InChI is InChI=1S/C16H25N3O/c1-8(2)15-18-19-16(20-15)14(17)13-11-4-9-3-10(6-11)7-12(13)5-9/h8-14H,3-7,17H2,1-2H3. The predicted octanol–water partition coefficient (Wildman–Crippen LogP) is 3.27. The van der Waals surface area contributed by atoms with Crippen molar-refractivity contribution < 1.29 is 4.42 Å². The van der Waals surface area contributed by atoms with E-state index in [4.69, 9.17) is 10.2 Å². The van der Waals surface area contributed by atoms with Gasteiger partial charge in [0.05, 0.1) is 6.04 Å². The van der Waals surface area contributed by atoms with Gasteiger partial charge in [-0.1, -0.05) is 13.8 Å². The third-order valence-corrected chi connectivity index (χ3v) is 5.95. The molecule has 4 nitrogen and oxygen atoms in total. The molecule has 0 spiro atoms. The molecule has 1 aromatic heterocycles. The highest BCUT2D eigenvalue weighted by molar-refractivity contribution is 5.05. The molecule has 1 unspecified atom stereocenters. The first-order valence-corrected chi connectivity index (χ1v) is 8.20. The maximum atomic E-state index is 6.54. The first-order valence-electron chi connectivity index (χ1n) is 8.20. The van der Waals surface area contributed by atoms with Gasteiger partial charge in [0.25, 0.3) is 0 Å². The van der Waals surface area contributed by atoms with E-state index in [9.17, 15) is 0 Å². The third-order valence-electron chi connectivity index (χ3n) is 5.95. The molecule has 4 aliphatic rings. The average Bonchev–Trinajstić information content (AvgIpc) is 2.86. The van der Waals surface area contributed by atoms with Gasteiger partial charge in [0, 0.05) is 5.92 Å². The summed E-state index contributed by atoms with van der Waals surface area (Å²) >= 11 is 0. The van der Waals surface area contributed by atoms with E-state index >= 15 is 0 Å². The lowest BCUT2D eigenvalue weighted by Crippen LogP contribution is -2.48. The number of hydrogen-bond donors (Lipinski definition) is 1. The van der Waals surface area contributed by atoms with Gasteiger partial charge in [-0.25, -0.2) is 0 Å². The van der Waals surface area contributed by atoms with Crippen LogP contribution < -0.4 is 5.73 Å². The number of rotatable bonds is 3. The van der Waals surface area contributed by atoms with Crippen molar-refractivity contribution in [1.29, 1.82) is 0 Å². The molecule has 0 aromatic carbocycles. The molecule has 110 valence electrons. The summed E-state index contributed by atoms with van der Waals surface area (Å²) in [6, 6.07) is -0.0509. The molecule has 1 atom stereocenters. The Morgan fingerprint density at radius 1 is 0.950 bits per heavy atom. The fourth-order valence-electron chi connectivity index (χ4n) is 5.33. The van der Waals surface area contributed by atoms with Crippen LogP contribution in [0.1, 0.15) is 69.7 Å². The van der Waals surface area contributed by atoms with Crippen molar-refractivity contribution in [1.82, 2.24) is 10.2 Å². The van der Waals surface area contributed by atoms with E-state index in [2.05, 4.69) is 24.0 Å². The van der Waals surface area contributed by atoms with Gasteiger partial charge in [-0.3, -0.25) is 0 Å². The Balaban J connectivity index is 1.57. The molecule has 0 saturated heterocycles. The summed E-state index contributed by atoms with van der Waals surface area (Å²) < 4.78 is 5.82. The maximum absolute atomic E-state index is 6.54. The van der Waals surface area contributed by atoms with Gasteiger partial charge in [-0.15, -0.1) is 10.2 Å². The van der Waals surface area contributed by atoms with Crippen LogP contribution in [0.15, 0.2) is 4.42 Å². The normalized spacial score (nSPS) is 40.5. The van der Waals surface area contributed by atoms with Crippen molar-refractivity contribution in [2.45, 2.75) is 57.9 Å². The molecule has 0 aliphatic heterocycles. The van der Waals surface area contributed by atoms with Crippen molar-refractivity contribution in [2.24, 2.45) is 35.3 Å². The monoisotopic (exact) mass is 275 g/mol. The second-order valence-electron chi connectivity index (χ2n) is 7.67. The molecule has 4 saturated carbocycles. The van der Waals surface area contributed by atoms with Crippen LogP contribution in [0.4, 0.5) is 0 Å². The number of aromatic nitrogens is 2. The van der Waals surface area contributed by atoms with E-state index in [0.717, 1.165) is 29.6 Å². The highest BCUT2D eigenvalue weighted by Crippen LogP contribution is 2.58. The molecule has 4 bridgehead atoms. The topological polar surface area (TPSA) is 64.9 Å². The van der Waals surface area contributed by atoms with Crippen molar-refractivity contribution in [3.05, 3.63) is 11.8 Å². The van der Waals surface area contributed by atoms with Gasteiger partial charge >= 0.3 is 0 Å². The lowest BCUT2D eigenvalue weighted by molar-refractivity contribution is -0.0504. The summed E-state index contributed by atoms with van der Waals surface area (Å²) in [5, 5.41) is 8.38. The Morgan fingerprint density at radius 2 is 1.50 bits per heavy atom. The summed E-state index contributed by atoms with van der Waals surface area (Å²) in [5.74, 6) is 5.81. The number of nitrogens with zero attached hydrogens (tertiary/aromatic N) is 2. The molecule has 20 heavy (non-hydrogen) atoms. The minimum absolute atomic E-state index is 0.0509. The third kappa shape index (κ3) is 1.92. The first-order chi connectivity index (χ1) is 9.61. The summed E-state index contributed by atoms with van der Waals surface area (Å²) in [6.45, 7) is 4.15. The van der Waals surface area contributed by atoms with Crippen molar-refractivity contribution in [3.8, 4) is 0 Å². The lowest BCUT2D eigenvalue weighted by Gasteiger charge is -2.55. The molecule has 4 heteroatoms. The number of hydrogen-bond acceptors (Lipinski definition) is 4. The van der Waals surface area contributed by atoms with E-state index in [1.807, 2.05) is 0 Å². The minimum atomic E-state index is -0.0509. The molecule has 4 fully saturated rings. The zero-order valence-electron chi connectivity index (χ0n) is 12.5. The summed E-state index contributed by atoms with van der Waals surface area (Å²) in [7, 11) is 0. The largest absolute Gasteiger partial charge is 0.423 e. The lowest BCUT2D eigenvalue weighted by atomic mass is 9.50. The van der Waals surface area contributed by atoms with Crippen LogP contribution in [-0.4, -0.2) is 10.2 Å². The highest BCUT2D eigenvalue weighted by atomic mass is 16.4. The van der Waals surface area contributed by atoms with E-state index in [0.29, 0.717) is 11.8 Å². The number of nitrogens with two attached hydrogens (primary N) is 1. The predicted molar refractivity (Wildman–Crippen MR) is 75.9 cm³/mol. The van der Waals surface area contributed by atoms with Crippen molar-refractivity contribution in [3.63, 3.8) is 0 Å². The molecular weight excluding hydrogens is 250 g/mol. The van der Waals surface area contributed by atoms with Crippen LogP contribution in [0.2, 0.25) is 0 Å². The molecule has 4 aliphatic carbocycles. The van der Waals surface area contributed by atoms with Crippen LogP contribution in [0, 0.1) is 29.6 Å². The van der Waals surface area contributed by atoms with Gasteiger partial charge in [0.2, 0.25) is 11.8 Å². The average molecular weight is 275 g/mol. The van der Waals surface area contributed by atoms with Crippen LogP contribution in [0.25, 0.3) is 0 Å². The second-order valence-corrected chi connectivity index (χ2v) is 7.67. The highest BCUT2D eigenvalue weighted by Gasteiger charge is 2.51. The van der Waals surface area contributed by atoms with Crippen molar-refractivity contribution >= 4 is 0 Å². The van der Waals surface area contributed by atoms with Crippen LogP contribution in [0.3, 0.4) is 0 Å². The van der Waals surface area contributed by atoms with E-state index in [1.54, 1.807) is 0 Å². The maximum Gasteiger partial charge on any atom is 0.233 e. The zero-order chi connectivity index (χ0) is 13.9. The van der Waals surface area contributed by atoms with Gasteiger partial charge < -0.3 is 10.2 Å². The Labute approximate surface area is 120 Å². The zero-order valence-corrected chi connectivity index (χ0v) is 12.5. The molecule has 1 aromatic rings. The van der Waals surface area contributed by atoms with Crippen molar-refractivity contribution in [2.75, 3.05) is 0 Å². The van der Waals surface area contributed by atoms with Gasteiger partial charge in [-0.05, 0) is 61.7 Å². The molecule has 5 rings (SSSR count). The molecular formula is C16H25N3O. The minimum Gasteiger partial charge on any atom is -0.423 e. The van der Waals surface area contributed by atoms with E-state index < -0.39 is 0 Å². The Kier molecular flexibility index (Phi) is 2.92. The summed E-state index contributed by atoms with van der Waals surface area (Å²) in [4.78, 5) is 0. The fourth-order valence-corrected chi connectivity index (χ4v) is 5.33. The van der Waals surface area contributed by atoms with E-state index in [1.165, 1.54) is 32.1 Å². The summed E-state index contributed by atoms with van der Waals surface area (Å²) in [6.07, 6.45) is 7.02. The SMILES string of the molecule is CC(C)c1nnc(C(N)C2C3CC4CC(C3)CC2C4)o1. The van der Waals surface area contributed by atoms with Gasteiger partial charge in [0.1, 0.15) is 0 Å². The Bertz CT molecular complexity index is 468. The van der Waals surface area contributed by atoms with Crippen LogP contribution in [-0.2, 0) is 0 Å². The first kappa shape index (κ1) is 12.8. The Hall–Kier alpha value is -0.900. The fraction of sp³-hybridized carbons (Fsp3) is 0.875. The second kappa shape index (κ2) is 4.55. The smallest absolute Gasteiger partial charge is 0.233 e. The van der Waals surface area contributed by atoms with Gasteiger partial charge in [0.15, 0.2) is 0 Å².